The van der Waals surface area contributed by atoms with Crippen LogP contribution in [0.25, 0.3) is 10.9 Å². The second-order valence-corrected chi connectivity index (χ2v) is 5.61. The zero-order chi connectivity index (χ0) is 14.2. The summed E-state index contributed by atoms with van der Waals surface area (Å²) >= 11 is 0. The maximum Gasteiger partial charge on any atom is 0.374 e. The van der Waals surface area contributed by atoms with E-state index in [2.05, 4.69) is 22.2 Å². The molecule has 0 radical (unpaired) electrons. The first-order valence-corrected chi connectivity index (χ1v) is 6.86. The number of aromatic nitrogens is 2. The smallest absolute Gasteiger partial charge is 0.374 e. The van der Waals surface area contributed by atoms with Crippen molar-refractivity contribution in [1.82, 2.24) is 9.97 Å². The van der Waals surface area contributed by atoms with Gasteiger partial charge >= 0.3 is 5.97 Å². The lowest BCUT2D eigenvalue weighted by atomic mass is 10.0. The molecule has 3 rings (SSSR count). The summed E-state index contributed by atoms with van der Waals surface area (Å²) in [5.74, 6) is -0.638. The number of nitrogens with one attached hydrogen (secondary N) is 1. The number of carboxylic acid groups (broad SMARTS) is 1. The monoisotopic (exact) mass is 271 g/mol. The van der Waals surface area contributed by atoms with Crippen LogP contribution >= 0.6 is 0 Å². The molecule has 5 heteroatoms. The summed E-state index contributed by atoms with van der Waals surface area (Å²) in [6.07, 6.45) is 4.54. The first-order chi connectivity index (χ1) is 9.57. The zero-order valence-corrected chi connectivity index (χ0v) is 11.4. The maximum atomic E-state index is 11.2. The Morgan fingerprint density at radius 3 is 2.65 bits per heavy atom. The van der Waals surface area contributed by atoms with Gasteiger partial charge in [-0.2, -0.15) is 0 Å². The Kier molecular flexibility index (Phi) is 3.04. The highest BCUT2D eigenvalue weighted by molar-refractivity contribution is 5.93. The van der Waals surface area contributed by atoms with Crippen LogP contribution in [0, 0.1) is 0 Å². The second kappa shape index (κ2) is 4.74. The van der Waals surface area contributed by atoms with E-state index in [9.17, 15) is 4.79 Å². The van der Waals surface area contributed by atoms with Crippen molar-refractivity contribution in [3.63, 3.8) is 0 Å². The summed E-state index contributed by atoms with van der Waals surface area (Å²) in [5, 5.41) is 13.4. The third kappa shape index (κ3) is 2.31. The van der Waals surface area contributed by atoms with Gasteiger partial charge in [-0.05, 0) is 31.9 Å². The fraction of sp³-hybridized carbons (Fsp3) is 0.400. The van der Waals surface area contributed by atoms with Crippen LogP contribution in [0.15, 0.2) is 24.3 Å². The van der Waals surface area contributed by atoms with E-state index < -0.39 is 5.97 Å². The molecule has 0 unspecified atom stereocenters. The Morgan fingerprint density at radius 2 is 1.95 bits per heavy atom. The van der Waals surface area contributed by atoms with E-state index in [1.54, 1.807) is 0 Å². The SMILES string of the molecule is CC1(Nc2nc(C(=O)O)nc3ccccc23)CCCC1. The second-order valence-electron chi connectivity index (χ2n) is 5.61. The third-order valence-electron chi connectivity index (χ3n) is 3.92. The fourth-order valence-electron chi connectivity index (χ4n) is 2.83. The summed E-state index contributed by atoms with van der Waals surface area (Å²) in [6, 6.07) is 7.49. The van der Waals surface area contributed by atoms with Crippen molar-refractivity contribution in [2.24, 2.45) is 0 Å². The van der Waals surface area contributed by atoms with Crippen molar-refractivity contribution in [2.45, 2.75) is 38.1 Å². The molecule has 2 aromatic rings. The van der Waals surface area contributed by atoms with Crippen molar-refractivity contribution in [2.75, 3.05) is 5.32 Å². The maximum absolute atomic E-state index is 11.2. The number of nitrogens with zero attached hydrogens (tertiary/aromatic N) is 2. The van der Waals surface area contributed by atoms with Gasteiger partial charge in [0.15, 0.2) is 0 Å². The Balaban J connectivity index is 2.09. The number of fused-ring (bicyclic) bond motifs is 1. The van der Waals surface area contributed by atoms with E-state index >= 15 is 0 Å². The largest absolute Gasteiger partial charge is 0.475 e. The molecule has 1 heterocycles. The molecular formula is C15H17N3O2. The minimum Gasteiger partial charge on any atom is -0.475 e. The van der Waals surface area contributed by atoms with E-state index in [4.69, 9.17) is 5.11 Å². The van der Waals surface area contributed by atoms with E-state index in [1.165, 1.54) is 12.8 Å². The Labute approximate surface area is 117 Å². The molecule has 1 aromatic heterocycles. The Hall–Kier alpha value is -2.17. The van der Waals surface area contributed by atoms with Crippen LogP contribution in [0.5, 0.6) is 0 Å². The number of para-hydroxylation sites is 1. The van der Waals surface area contributed by atoms with Gasteiger partial charge < -0.3 is 10.4 Å². The van der Waals surface area contributed by atoms with E-state index in [0.29, 0.717) is 11.3 Å². The molecule has 1 saturated carbocycles. The van der Waals surface area contributed by atoms with Crippen molar-refractivity contribution < 1.29 is 9.90 Å². The van der Waals surface area contributed by atoms with Crippen molar-refractivity contribution >= 4 is 22.7 Å². The summed E-state index contributed by atoms with van der Waals surface area (Å²) in [4.78, 5) is 19.4. The first-order valence-electron chi connectivity index (χ1n) is 6.86. The summed E-state index contributed by atoms with van der Waals surface area (Å²) < 4.78 is 0. The molecule has 2 N–H and O–H groups in total. The zero-order valence-electron chi connectivity index (χ0n) is 11.4. The van der Waals surface area contributed by atoms with Gasteiger partial charge in [-0.3, -0.25) is 0 Å². The normalized spacial score (nSPS) is 17.2. The molecule has 0 amide bonds. The number of hydrogen-bond donors (Lipinski definition) is 2. The lowest BCUT2D eigenvalue weighted by Gasteiger charge is -2.26. The van der Waals surface area contributed by atoms with Gasteiger partial charge in [-0.15, -0.1) is 0 Å². The molecule has 20 heavy (non-hydrogen) atoms. The van der Waals surface area contributed by atoms with Crippen molar-refractivity contribution in [3.8, 4) is 0 Å². The summed E-state index contributed by atoms with van der Waals surface area (Å²) in [7, 11) is 0. The molecule has 0 spiro atoms. The van der Waals surface area contributed by atoms with Gasteiger partial charge in [-0.25, -0.2) is 14.8 Å². The molecule has 0 bridgehead atoms. The van der Waals surface area contributed by atoms with Crippen LogP contribution in [-0.4, -0.2) is 26.6 Å². The van der Waals surface area contributed by atoms with Crippen LogP contribution in [0.3, 0.4) is 0 Å². The van der Waals surface area contributed by atoms with E-state index in [-0.39, 0.29) is 11.4 Å². The number of carbonyl (C=O) groups is 1. The summed E-state index contributed by atoms with van der Waals surface area (Å²) in [5.41, 5.74) is 0.649. The van der Waals surface area contributed by atoms with Gasteiger partial charge in [0.05, 0.1) is 5.52 Å². The first kappa shape index (κ1) is 12.8. The number of rotatable bonds is 3. The Morgan fingerprint density at radius 1 is 1.25 bits per heavy atom. The molecular weight excluding hydrogens is 254 g/mol. The average Bonchev–Trinajstić information content (AvgIpc) is 2.85. The molecule has 0 aliphatic heterocycles. The lowest BCUT2D eigenvalue weighted by Crippen LogP contribution is -2.31. The van der Waals surface area contributed by atoms with Crippen molar-refractivity contribution in [1.29, 1.82) is 0 Å². The number of benzene rings is 1. The highest BCUT2D eigenvalue weighted by Crippen LogP contribution is 2.33. The third-order valence-corrected chi connectivity index (χ3v) is 3.92. The lowest BCUT2D eigenvalue weighted by molar-refractivity contribution is 0.0684. The number of anilines is 1. The van der Waals surface area contributed by atoms with Gasteiger partial charge in [0.1, 0.15) is 5.82 Å². The highest BCUT2D eigenvalue weighted by Gasteiger charge is 2.29. The minimum atomic E-state index is -1.10. The highest BCUT2D eigenvalue weighted by atomic mass is 16.4. The number of hydrogen-bond acceptors (Lipinski definition) is 4. The van der Waals surface area contributed by atoms with Gasteiger partial charge in [0, 0.05) is 10.9 Å². The topological polar surface area (TPSA) is 75.1 Å². The quantitative estimate of drug-likeness (QED) is 0.897. The van der Waals surface area contributed by atoms with Crippen LogP contribution in [-0.2, 0) is 0 Å². The van der Waals surface area contributed by atoms with Crippen molar-refractivity contribution in [3.05, 3.63) is 30.1 Å². The van der Waals surface area contributed by atoms with Crippen LogP contribution in [0.4, 0.5) is 5.82 Å². The number of aromatic carboxylic acids is 1. The molecule has 1 aliphatic carbocycles. The minimum absolute atomic E-state index is 0.00705. The van der Waals surface area contributed by atoms with E-state index in [0.717, 1.165) is 18.2 Å². The molecule has 5 nitrogen and oxygen atoms in total. The summed E-state index contributed by atoms with van der Waals surface area (Å²) in [6.45, 7) is 2.16. The standard InChI is InChI=1S/C15H17N3O2/c1-15(8-4-5-9-15)18-12-10-6-2-3-7-11(10)16-13(17-12)14(19)20/h2-3,6-7H,4-5,8-9H2,1H3,(H,19,20)(H,16,17,18). The number of carboxylic acids is 1. The van der Waals surface area contributed by atoms with Crippen LogP contribution < -0.4 is 5.32 Å². The predicted octanol–water partition coefficient (Wildman–Crippen LogP) is 3.07. The Bertz CT molecular complexity index is 663. The van der Waals surface area contributed by atoms with Gasteiger partial charge in [0.2, 0.25) is 5.82 Å². The molecule has 1 fully saturated rings. The molecule has 0 atom stereocenters. The molecule has 1 aliphatic rings. The average molecular weight is 271 g/mol. The molecule has 104 valence electrons. The van der Waals surface area contributed by atoms with Gasteiger partial charge in [0.25, 0.3) is 0 Å². The van der Waals surface area contributed by atoms with Crippen LogP contribution in [0.2, 0.25) is 0 Å². The van der Waals surface area contributed by atoms with Crippen LogP contribution in [0.1, 0.15) is 43.2 Å². The van der Waals surface area contributed by atoms with Gasteiger partial charge in [-0.1, -0.05) is 25.0 Å². The molecule has 1 aromatic carbocycles. The fourth-order valence-corrected chi connectivity index (χ4v) is 2.83. The molecule has 0 saturated heterocycles. The predicted molar refractivity (Wildman–Crippen MR) is 77.0 cm³/mol. The van der Waals surface area contributed by atoms with E-state index in [1.807, 2.05) is 24.3 Å².